The number of nitro groups is 1. The Morgan fingerprint density at radius 2 is 1.68 bits per heavy atom. The molecule has 10 nitrogen and oxygen atoms in total. The number of azo groups is 1. The van der Waals surface area contributed by atoms with E-state index in [1.54, 1.807) is 30.3 Å². The van der Waals surface area contributed by atoms with E-state index in [2.05, 4.69) is 10.2 Å². The van der Waals surface area contributed by atoms with E-state index < -0.39 is 37.1 Å². The molecular formula is C16H11N3NaO7S. The molecule has 3 rings (SSSR count). The molecule has 0 aliphatic carbocycles. The summed E-state index contributed by atoms with van der Waals surface area (Å²) < 4.78 is 31.8. The first-order valence-electron chi connectivity index (χ1n) is 7.30. The molecule has 0 heterocycles. The van der Waals surface area contributed by atoms with E-state index in [-0.39, 0.29) is 41.0 Å². The summed E-state index contributed by atoms with van der Waals surface area (Å²) in [5.41, 5.74) is -1.52. The minimum Gasteiger partial charge on any atom is -0.506 e. The number of fused-ring (bicyclic) bond motifs is 1. The van der Waals surface area contributed by atoms with Gasteiger partial charge in [-0.25, -0.2) is 0 Å². The Morgan fingerprint density at radius 3 is 2.32 bits per heavy atom. The van der Waals surface area contributed by atoms with Crippen LogP contribution in [0.5, 0.6) is 11.5 Å². The first-order valence-corrected chi connectivity index (χ1v) is 8.74. The third-order valence-corrected chi connectivity index (χ3v) is 4.51. The molecule has 0 bridgehead atoms. The zero-order chi connectivity index (χ0) is 19.8. The average molecular weight is 412 g/mol. The van der Waals surface area contributed by atoms with Crippen molar-refractivity contribution in [3.05, 3.63) is 58.6 Å². The molecule has 0 atom stereocenters. The Morgan fingerprint density at radius 1 is 1.00 bits per heavy atom. The summed E-state index contributed by atoms with van der Waals surface area (Å²) in [6.45, 7) is 0. The van der Waals surface area contributed by atoms with Crippen LogP contribution in [0.4, 0.5) is 17.1 Å². The SMILES string of the molecule is O=[N+]([O-])c1cc(S(=O)(=O)O)cc(N=Nc2c(O)ccc3ccccc23)c1O.[Na]. The van der Waals surface area contributed by atoms with Crippen LogP contribution < -0.4 is 0 Å². The van der Waals surface area contributed by atoms with Crippen LogP contribution >= 0.6 is 0 Å². The standard InChI is InChI=1S/C16H11N3O7S.Na/c20-14-6-5-9-3-1-2-4-11(9)15(14)18-17-12-7-10(27(24,25)26)8-13(16(12)21)19(22)23;/h1-8,20-21H,(H,24,25,26);. The van der Waals surface area contributed by atoms with E-state index in [4.69, 9.17) is 4.55 Å². The van der Waals surface area contributed by atoms with Crippen LogP contribution in [0.25, 0.3) is 10.8 Å². The molecule has 12 heteroatoms. The predicted octanol–water partition coefficient (Wildman–Crippen LogP) is 3.44. The van der Waals surface area contributed by atoms with Crippen molar-refractivity contribution >= 4 is 67.5 Å². The van der Waals surface area contributed by atoms with Crippen LogP contribution in [-0.4, -0.2) is 57.7 Å². The number of hydrogen-bond donors (Lipinski definition) is 3. The summed E-state index contributed by atoms with van der Waals surface area (Å²) in [5.74, 6) is -1.17. The number of aromatic hydroxyl groups is 2. The van der Waals surface area contributed by atoms with E-state index in [1.165, 1.54) is 6.07 Å². The third-order valence-electron chi connectivity index (χ3n) is 3.67. The number of rotatable bonds is 4. The van der Waals surface area contributed by atoms with Gasteiger partial charge in [-0.2, -0.15) is 8.42 Å². The molecule has 0 aromatic heterocycles. The molecule has 0 saturated carbocycles. The van der Waals surface area contributed by atoms with Gasteiger partial charge in [0.1, 0.15) is 22.0 Å². The minimum absolute atomic E-state index is 0. The second-order valence-electron chi connectivity index (χ2n) is 5.40. The van der Waals surface area contributed by atoms with Crippen molar-refractivity contribution < 1.29 is 28.1 Å². The zero-order valence-corrected chi connectivity index (χ0v) is 17.2. The van der Waals surface area contributed by atoms with Crippen LogP contribution in [0.3, 0.4) is 0 Å². The van der Waals surface area contributed by atoms with Gasteiger partial charge in [-0.15, -0.1) is 10.2 Å². The molecule has 0 saturated heterocycles. The number of benzene rings is 3. The van der Waals surface area contributed by atoms with Gasteiger partial charge in [-0.05, 0) is 17.5 Å². The quantitative estimate of drug-likeness (QED) is 0.194. The van der Waals surface area contributed by atoms with Crippen LogP contribution in [0.1, 0.15) is 0 Å². The molecular weight excluding hydrogens is 401 g/mol. The molecule has 3 aromatic carbocycles. The molecule has 0 unspecified atom stereocenters. The van der Waals surface area contributed by atoms with Gasteiger partial charge in [0.2, 0.25) is 5.75 Å². The van der Waals surface area contributed by atoms with Crippen LogP contribution in [0.2, 0.25) is 0 Å². The molecule has 0 amide bonds. The van der Waals surface area contributed by atoms with E-state index >= 15 is 0 Å². The summed E-state index contributed by atoms with van der Waals surface area (Å²) >= 11 is 0. The Kier molecular flexibility index (Phi) is 6.37. The second kappa shape index (κ2) is 8.20. The molecule has 0 aliphatic heterocycles. The zero-order valence-electron chi connectivity index (χ0n) is 14.3. The normalized spacial score (nSPS) is 11.5. The van der Waals surface area contributed by atoms with Gasteiger partial charge in [-0.1, -0.05) is 30.3 Å². The van der Waals surface area contributed by atoms with Crippen molar-refractivity contribution in [1.82, 2.24) is 0 Å². The first kappa shape index (κ1) is 21.7. The molecule has 0 aliphatic rings. The molecule has 1 radical (unpaired) electrons. The fourth-order valence-corrected chi connectivity index (χ4v) is 2.92. The Bertz CT molecular complexity index is 1210. The number of nitrogens with zero attached hydrogens (tertiary/aromatic N) is 3. The Hall–Kier alpha value is -2.57. The monoisotopic (exact) mass is 412 g/mol. The van der Waals surface area contributed by atoms with E-state index in [0.29, 0.717) is 11.5 Å². The number of nitro benzene ring substituents is 1. The maximum absolute atomic E-state index is 11.3. The summed E-state index contributed by atoms with van der Waals surface area (Å²) in [6, 6.07) is 11.1. The smallest absolute Gasteiger partial charge is 0.314 e. The van der Waals surface area contributed by atoms with Gasteiger partial charge < -0.3 is 10.2 Å². The van der Waals surface area contributed by atoms with Crippen molar-refractivity contribution in [2.24, 2.45) is 10.2 Å². The molecule has 3 N–H and O–H groups in total. The molecule has 3 aromatic rings. The van der Waals surface area contributed by atoms with Gasteiger partial charge in [0.25, 0.3) is 10.1 Å². The fraction of sp³-hybridized carbons (Fsp3) is 0. The summed E-state index contributed by atoms with van der Waals surface area (Å²) in [6.07, 6.45) is 0. The van der Waals surface area contributed by atoms with Crippen molar-refractivity contribution in [2.75, 3.05) is 0 Å². The summed E-state index contributed by atoms with van der Waals surface area (Å²) in [5, 5.41) is 39.7. The van der Waals surface area contributed by atoms with Gasteiger partial charge in [-0.3, -0.25) is 14.7 Å². The maximum Gasteiger partial charge on any atom is 0.314 e. The van der Waals surface area contributed by atoms with Crippen molar-refractivity contribution in [1.29, 1.82) is 0 Å². The topological polar surface area (TPSA) is 163 Å². The molecule has 0 spiro atoms. The van der Waals surface area contributed by atoms with Crippen LogP contribution in [0.15, 0.2) is 63.7 Å². The Labute approximate surface area is 180 Å². The third kappa shape index (κ3) is 4.29. The predicted molar refractivity (Wildman–Crippen MR) is 100 cm³/mol. The van der Waals surface area contributed by atoms with Crippen molar-refractivity contribution in [3.8, 4) is 11.5 Å². The van der Waals surface area contributed by atoms with E-state index in [0.717, 1.165) is 11.5 Å². The van der Waals surface area contributed by atoms with Gasteiger partial charge in [0.05, 0.1) is 4.92 Å². The van der Waals surface area contributed by atoms with E-state index in [1.807, 2.05) is 0 Å². The molecule has 0 fully saturated rings. The molecule has 139 valence electrons. The minimum atomic E-state index is -4.79. The fourth-order valence-electron chi connectivity index (χ4n) is 2.40. The van der Waals surface area contributed by atoms with Crippen LogP contribution in [0, 0.1) is 10.1 Å². The summed E-state index contributed by atoms with van der Waals surface area (Å²) in [4.78, 5) is 9.15. The first-order chi connectivity index (χ1) is 12.7. The second-order valence-corrected chi connectivity index (χ2v) is 6.82. The number of phenols is 2. The number of hydrogen-bond acceptors (Lipinski definition) is 8. The van der Waals surface area contributed by atoms with Crippen LogP contribution in [-0.2, 0) is 10.1 Å². The van der Waals surface area contributed by atoms with Crippen molar-refractivity contribution in [3.63, 3.8) is 0 Å². The Balaban J connectivity index is 0.00000280. The van der Waals surface area contributed by atoms with Gasteiger partial charge >= 0.3 is 5.69 Å². The van der Waals surface area contributed by atoms with Gasteiger partial charge in [0.15, 0.2) is 0 Å². The average Bonchev–Trinajstić information content (AvgIpc) is 2.60. The molecule has 28 heavy (non-hydrogen) atoms. The van der Waals surface area contributed by atoms with Gasteiger partial charge in [0, 0.05) is 41.0 Å². The maximum atomic E-state index is 11.3. The summed E-state index contributed by atoms with van der Waals surface area (Å²) in [7, 11) is -4.79. The van der Waals surface area contributed by atoms with Crippen molar-refractivity contribution in [2.45, 2.75) is 4.90 Å². The van der Waals surface area contributed by atoms with E-state index in [9.17, 15) is 28.7 Å². The number of phenolic OH excluding ortho intramolecular Hbond substituents is 2. The largest absolute Gasteiger partial charge is 0.506 e.